The lowest BCUT2D eigenvalue weighted by Gasteiger charge is -2.36. The highest BCUT2D eigenvalue weighted by atomic mass is 79.9. The highest BCUT2D eigenvalue weighted by Gasteiger charge is 2.53. The number of amides is 1. The van der Waals surface area contributed by atoms with Gasteiger partial charge in [0.2, 0.25) is 0 Å². The molecule has 0 spiro atoms. The van der Waals surface area contributed by atoms with Crippen molar-refractivity contribution in [2.24, 2.45) is 0 Å². The third-order valence-corrected chi connectivity index (χ3v) is 10.3. The highest BCUT2D eigenvalue weighted by Crippen LogP contribution is 2.51. The molecule has 9 heteroatoms. The van der Waals surface area contributed by atoms with Crippen LogP contribution >= 0.6 is 27.5 Å². The van der Waals surface area contributed by atoms with E-state index in [0.717, 1.165) is 30.3 Å². The topological polar surface area (TPSA) is 74.7 Å². The number of rotatable bonds is 18. The van der Waals surface area contributed by atoms with Crippen molar-refractivity contribution >= 4 is 50.0 Å². The summed E-state index contributed by atoms with van der Waals surface area (Å²) < 4.78 is 20.5. The molecule has 0 saturated heterocycles. The molecule has 0 bridgehead atoms. The number of carbonyl (C=O) groups excluding carboxylic acids is 1. The summed E-state index contributed by atoms with van der Waals surface area (Å²) in [5.41, 5.74) is -0.561. The SMILES string of the molecule is CCCCCCCCCCCCCCNc1nccc2c3c(c(Br)cc12)C(O)(c1cc(F)ccc1Cl)N(Cc1ccc(OC)cc1)C3=O. The number of hydrogen-bond acceptors (Lipinski definition) is 5. The molecule has 0 saturated carbocycles. The molecule has 0 fully saturated rings. The van der Waals surface area contributed by atoms with Crippen LogP contribution in [0.25, 0.3) is 10.8 Å². The maximum atomic E-state index is 14.7. The van der Waals surface area contributed by atoms with E-state index in [1.807, 2.05) is 18.2 Å². The van der Waals surface area contributed by atoms with Gasteiger partial charge in [0.05, 0.1) is 12.7 Å². The molecule has 1 aliphatic rings. The summed E-state index contributed by atoms with van der Waals surface area (Å²) in [6.07, 6.45) is 17.1. The van der Waals surface area contributed by atoms with E-state index < -0.39 is 17.4 Å². The summed E-state index contributed by atoms with van der Waals surface area (Å²) in [5.74, 6) is 0.377. The monoisotopic (exact) mass is 737 g/mol. The van der Waals surface area contributed by atoms with Crippen LogP contribution in [0.3, 0.4) is 0 Å². The van der Waals surface area contributed by atoms with E-state index in [4.69, 9.17) is 16.3 Å². The molecule has 3 aromatic carbocycles. The van der Waals surface area contributed by atoms with Crippen LogP contribution in [0.1, 0.15) is 111 Å². The van der Waals surface area contributed by atoms with Gasteiger partial charge in [0.15, 0.2) is 5.72 Å². The lowest BCUT2D eigenvalue weighted by molar-refractivity contribution is -0.0548. The molecule has 0 radical (unpaired) electrons. The molecule has 1 aromatic heterocycles. The van der Waals surface area contributed by atoms with E-state index in [0.29, 0.717) is 32.6 Å². The Kier molecular flexibility index (Phi) is 12.7. The van der Waals surface area contributed by atoms with Crippen molar-refractivity contribution in [2.45, 2.75) is 96.2 Å². The zero-order chi connectivity index (χ0) is 34.1. The van der Waals surface area contributed by atoms with Gasteiger partial charge in [0, 0.05) is 50.7 Å². The third kappa shape index (κ3) is 7.98. The van der Waals surface area contributed by atoms with Crippen molar-refractivity contribution in [1.29, 1.82) is 0 Å². The van der Waals surface area contributed by atoms with E-state index in [2.05, 4.69) is 33.2 Å². The number of fused-ring (bicyclic) bond motifs is 3. The minimum absolute atomic E-state index is 0.0456. The van der Waals surface area contributed by atoms with Crippen LogP contribution in [0.2, 0.25) is 5.02 Å². The van der Waals surface area contributed by atoms with Gasteiger partial charge in [-0.25, -0.2) is 9.37 Å². The molecule has 4 aromatic rings. The molecule has 0 aliphatic carbocycles. The summed E-state index contributed by atoms with van der Waals surface area (Å²) in [6.45, 7) is 3.07. The van der Waals surface area contributed by atoms with Gasteiger partial charge in [-0.15, -0.1) is 0 Å². The summed E-state index contributed by atoms with van der Waals surface area (Å²) in [6, 6.07) is 14.7. The van der Waals surface area contributed by atoms with E-state index >= 15 is 0 Å². The Bertz CT molecular complexity index is 1700. The fourth-order valence-corrected chi connectivity index (χ4v) is 7.68. The Morgan fingerprint density at radius 2 is 1.56 bits per heavy atom. The zero-order valence-corrected chi connectivity index (χ0v) is 30.3. The lowest BCUT2D eigenvalue weighted by atomic mass is 9.91. The number of unbranched alkanes of at least 4 members (excludes halogenated alkanes) is 11. The minimum Gasteiger partial charge on any atom is -0.497 e. The first-order chi connectivity index (χ1) is 23.3. The van der Waals surface area contributed by atoms with Crippen LogP contribution in [0, 0.1) is 5.82 Å². The molecule has 1 aliphatic heterocycles. The number of pyridine rings is 1. The number of benzene rings is 3. The number of nitrogens with zero attached hydrogens (tertiary/aromatic N) is 2. The molecule has 5 rings (SSSR count). The number of nitrogens with one attached hydrogen (secondary N) is 1. The second-order valence-electron chi connectivity index (χ2n) is 12.7. The first-order valence-electron chi connectivity index (χ1n) is 17.3. The normalized spacial score (nSPS) is 15.7. The Morgan fingerprint density at radius 1 is 0.917 bits per heavy atom. The molecular formula is C39H46BrClFN3O3. The predicted octanol–water partition coefficient (Wildman–Crippen LogP) is 10.8. The number of hydrogen-bond donors (Lipinski definition) is 2. The van der Waals surface area contributed by atoms with E-state index in [1.165, 1.54) is 87.3 Å². The lowest BCUT2D eigenvalue weighted by Crippen LogP contribution is -2.44. The van der Waals surface area contributed by atoms with Crippen LogP contribution in [-0.4, -0.2) is 34.6 Å². The molecule has 6 nitrogen and oxygen atoms in total. The number of carbonyl (C=O) groups is 1. The second kappa shape index (κ2) is 17.0. The molecule has 1 unspecified atom stereocenters. The molecule has 256 valence electrons. The van der Waals surface area contributed by atoms with Gasteiger partial charge >= 0.3 is 0 Å². The number of aromatic nitrogens is 1. The smallest absolute Gasteiger partial charge is 0.258 e. The maximum absolute atomic E-state index is 14.7. The van der Waals surface area contributed by atoms with Gasteiger partial charge in [-0.05, 0) is 54.4 Å². The van der Waals surface area contributed by atoms with Crippen molar-refractivity contribution in [1.82, 2.24) is 9.88 Å². The van der Waals surface area contributed by atoms with Gasteiger partial charge in [-0.1, -0.05) is 117 Å². The van der Waals surface area contributed by atoms with Crippen LogP contribution in [0.15, 0.2) is 65.3 Å². The summed E-state index contributed by atoms with van der Waals surface area (Å²) in [5, 5.41) is 17.7. The number of anilines is 1. The standard InChI is InChI=1S/C39H46BrClFN3O3/c1-3-4-5-6-7-8-9-10-11-12-13-14-22-43-37-31-25-33(40)36-35(30(31)21-23-44-37)38(46)45(26-27-15-18-29(48-2)19-16-27)39(36,47)32-24-28(42)17-20-34(32)41/h15-21,23-25,47H,3-14,22,26H2,1-2H3,(H,43,44). The van der Waals surface area contributed by atoms with Crippen molar-refractivity contribution in [3.63, 3.8) is 0 Å². The van der Waals surface area contributed by atoms with Crippen molar-refractivity contribution in [3.8, 4) is 5.75 Å². The fourth-order valence-electron chi connectivity index (χ4n) is 6.73. The number of aliphatic hydroxyl groups is 1. The molecule has 1 amide bonds. The first kappa shape index (κ1) is 36.1. The first-order valence-corrected chi connectivity index (χ1v) is 18.4. The summed E-state index contributed by atoms with van der Waals surface area (Å²) >= 11 is 10.3. The summed E-state index contributed by atoms with van der Waals surface area (Å²) in [7, 11) is 1.58. The van der Waals surface area contributed by atoms with E-state index in [1.54, 1.807) is 31.5 Å². The van der Waals surface area contributed by atoms with Crippen LogP contribution in [-0.2, 0) is 12.3 Å². The average Bonchev–Trinajstić information content (AvgIpc) is 3.31. The van der Waals surface area contributed by atoms with Crippen LogP contribution in [0.4, 0.5) is 10.2 Å². The predicted molar refractivity (Wildman–Crippen MR) is 196 cm³/mol. The van der Waals surface area contributed by atoms with Gasteiger partial charge < -0.3 is 15.2 Å². The van der Waals surface area contributed by atoms with Gasteiger partial charge in [0.1, 0.15) is 17.4 Å². The Balaban J connectivity index is 1.34. The molecule has 2 heterocycles. The summed E-state index contributed by atoms with van der Waals surface area (Å²) in [4.78, 5) is 20.4. The van der Waals surface area contributed by atoms with E-state index in [-0.39, 0.29) is 17.1 Å². The van der Waals surface area contributed by atoms with Crippen LogP contribution < -0.4 is 10.1 Å². The number of methoxy groups -OCH3 is 1. The van der Waals surface area contributed by atoms with Crippen molar-refractivity contribution in [3.05, 3.63) is 98.4 Å². The number of halogens is 3. The largest absolute Gasteiger partial charge is 0.497 e. The molecule has 48 heavy (non-hydrogen) atoms. The Hall–Kier alpha value is -3.20. The van der Waals surface area contributed by atoms with Gasteiger partial charge in [-0.3, -0.25) is 9.69 Å². The zero-order valence-electron chi connectivity index (χ0n) is 28.0. The maximum Gasteiger partial charge on any atom is 0.258 e. The quantitative estimate of drug-likeness (QED) is 0.0994. The van der Waals surface area contributed by atoms with Crippen LogP contribution in [0.5, 0.6) is 5.75 Å². The molecule has 2 N–H and O–H groups in total. The van der Waals surface area contributed by atoms with E-state index in [9.17, 15) is 14.3 Å². The fraction of sp³-hybridized carbons (Fsp3) is 0.436. The minimum atomic E-state index is -2.05. The third-order valence-electron chi connectivity index (χ3n) is 9.34. The average molecular weight is 739 g/mol. The van der Waals surface area contributed by atoms with Crippen molar-refractivity contribution in [2.75, 3.05) is 19.0 Å². The highest BCUT2D eigenvalue weighted by molar-refractivity contribution is 9.10. The number of ether oxygens (including phenoxy) is 1. The second-order valence-corrected chi connectivity index (χ2v) is 14.0. The molecule has 1 atom stereocenters. The van der Waals surface area contributed by atoms with Gasteiger partial charge in [0.25, 0.3) is 5.91 Å². The Labute approximate surface area is 297 Å². The Morgan fingerprint density at radius 3 is 2.21 bits per heavy atom. The van der Waals surface area contributed by atoms with Gasteiger partial charge in [-0.2, -0.15) is 0 Å². The van der Waals surface area contributed by atoms with Crippen molar-refractivity contribution < 1.29 is 19.0 Å². The molecular weight excluding hydrogens is 693 g/mol.